The van der Waals surface area contributed by atoms with Crippen LogP contribution in [0.1, 0.15) is 21.7 Å². The molecule has 3 N–H and O–H groups in total. The maximum Gasteiger partial charge on any atom is 0.270 e. The molecule has 7 nitrogen and oxygen atoms in total. The molecule has 2 heterocycles. The summed E-state index contributed by atoms with van der Waals surface area (Å²) >= 11 is 0. The second kappa shape index (κ2) is 7.73. The van der Waals surface area contributed by atoms with E-state index >= 15 is 0 Å². The number of pyridine rings is 1. The number of hydrogen-bond acceptors (Lipinski definition) is 6. The molecule has 2 aromatic heterocycles. The molecule has 0 radical (unpaired) electrons. The topological polar surface area (TPSA) is 103 Å². The highest BCUT2D eigenvalue weighted by Gasteiger charge is 2.13. The largest absolute Gasteiger partial charge is 0.439 e. The number of carbonyl (C=O) groups is 1. The van der Waals surface area contributed by atoms with E-state index in [0.717, 1.165) is 12.1 Å². The summed E-state index contributed by atoms with van der Waals surface area (Å²) in [5, 5.41) is 2.68. The van der Waals surface area contributed by atoms with Gasteiger partial charge in [-0.2, -0.15) is 0 Å². The van der Waals surface area contributed by atoms with E-state index in [1.165, 1.54) is 18.3 Å². The van der Waals surface area contributed by atoms with Gasteiger partial charge in [-0.25, -0.2) is 23.7 Å². The highest BCUT2D eigenvalue weighted by Crippen LogP contribution is 2.24. The number of rotatable bonds is 5. The third kappa shape index (κ3) is 4.51. The van der Waals surface area contributed by atoms with Gasteiger partial charge in [0.1, 0.15) is 11.4 Å². The monoisotopic (exact) mass is 371 g/mol. The molecule has 9 heteroatoms. The van der Waals surface area contributed by atoms with Gasteiger partial charge in [-0.15, -0.1) is 0 Å². The average molecular weight is 371 g/mol. The van der Waals surface area contributed by atoms with Crippen LogP contribution < -0.4 is 15.8 Å². The Labute approximate surface area is 153 Å². The number of nitrogen functional groups attached to an aromatic ring is 1. The molecule has 1 amide bonds. The van der Waals surface area contributed by atoms with Crippen LogP contribution >= 0.6 is 0 Å². The molecule has 27 heavy (non-hydrogen) atoms. The van der Waals surface area contributed by atoms with E-state index in [9.17, 15) is 13.6 Å². The molecule has 0 aliphatic heterocycles. The first-order chi connectivity index (χ1) is 12.9. The van der Waals surface area contributed by atoms with Gasteiger partial charge in [0.2, 0.25) is 11.8 Å². The number of benzene rings is 1. The van der Waals surface area contributed by atoms with Crippen LogP contribution in [0.15, 0.2) is 42.6 Å². The van der Waals surface area contributed by atoms with Gasteiger partial charge in [-0.05, 0) is 31.2 Å². The lowest BCUT2D eigenvalue weighted by Gasteiger charge is -2.11. The first-order valence-electron chi connectivity index (χ1n) is 7.88. The van der Waals surface area contributed by atoms with Gasteiger partial charge in [0, 0.05) is 30.1 Å². The Morgan fingerprint density at radius 1 is 1.19 bits per heavy atom. The zero-order valence-electron chi connectivity index (χ0n) is 14.2. The Hall–Kier alpha value is -3.62. The Balaban J connectivity index is 1.74. The van der Waals surface area contributed by atoms with E-state index in [0.29, 0.717) is 11.3 Å². The number of aromatic nitrogens is 3. The van der Waals surface area contributed by atoms with Crippen molar-refractivity contribution in [3.8, 4) is 11.6 Å². The predicted molar refractivity (Wildman–Crippen MR) is 93.0 cm³/mol. The fourth-order valence-electron chi connectivity index (χ4n) is 2.28. The van der Waals surface area contributed by atoms with Gasteiger partial charge in [0.05, 0.1) is 0 Å². The third-order valence-corrected chi connectivity index (χ3v) is 3.50. The normalized spacial score (nSPS) is 10.5. The third-order valence-electron chi connectivity index (χ3n) is 3.50. The maximum absolute atomic E-state index is 13.3. The summed E-state index contributed by atoms with van der Waals surface area (Å²) in [5.41, 5.74) is 6.78. The zero-order chi connectivity index (χ0) is 19.4. The zero-order valence-corrected chi connectivity index (χ0v) is 14.2. The van der Waals surface area contributed by atoms with Gasteiger partial charge >= 0.3 is 0 Å². The lowest BCUT2D eigenvalue weighted by molar-refractivity contribution is 0.0945. The fourth-order valence-corrected chi connectivity index (χ4v) is 2.28. The molecular weight excluding hydrogens is 356 g/mol. The molecule has 0 aliphatic rings. The highest BCUT2D eigenvalue weighted by molar-refractivity contribution is 5.92. The van der Waals surface area contributed by atoms with Gasteiger partial charge < -0.3 is 15.8 Å². The summed E-state index contributed by atoms with van der Waals surface area (Å²) < 4.78 is 31.9. The predicted octanol–water partition coefficient (Wildman–Crippen LogP) is 2.76. The number of hydrogen-bond donors (Lipinski definition) is 2. The Bertz CT molecular complexity index is 977. The van der Waals surface area contributed by atoms with Crippen LogP contribution in [0.3, 0.4) is 0 Å². The number of nitrogens with zero attached hydrogens (tertiary/aromatic N) is 3. The van der Waals surface area contributed by atoms with E-state index in [1.54, 1.807) is 19.1 Å². The van der Waals surface area contributed by atoms with Gasteiger partial charge in [0.15, 0.2) is 11.6 Å². The van der Waals surface area contributed by atoms with Gasteiger partial charge in [-0.1, -0.05) is 6.07 Å². The molecule has 0 fully saturated rings. The molecule has 0 saturated heterocycles. The number of amides is 1. The lowest BCUT2D eigenvalue weighted by Crippen LogP contribution is -2.24. The summed E-state index contributed by atoms with van der Waals surface area (Å²) in [7, 11) is 0. The molecule has 0 atom stereocenters. The maximum atomic E-state index is 13.3. The lowest BCUT2D eigenvalue weighted by atomic mass is 10.2. The number of carbonyl (C=O) groups excluding carboxylic acids is 1. The Morgan fingerprint density at radius 2 is 2.00 bits per heavy atom. The van der Waals surface area contributed by atoms with Crippen molar-refractivity contribution in [1.82, 2.24) is 20.3 Å². The Morgan fingerprint density at radius 3 is 2.74 bits per heavy atom. The van der Waals surface area contributed by atoms with Crippen LogP contribution in [0.2, 0.25) is 0 Å². The summed E-state index contributed by atoms with van der Waals surface area (Å²) in [6, 6.07) is 8.00. The van der Waals surface area contributed by atoms with Crippen molar-refractivity contribution in [2.45, 2.75) is 13.5 Å². The number of ether oxygens (including phenoxy) is 1. The minimum absolute atomic E-state index is 0.00360. The smallest absolute Gasteiger partial charge is 0.270 e. The van der Waals surface area contributed by atoms with Crippen LogP contribution in [0, 0.1) is 18.6 Å². The first kappa shape index (κ1) is 18.2. The summed E-state index contributed by atoms with van der Waals surface area (Å²) in [4.78, 5) is 24.1. The van der Waals surface area contributed by atoms with Crippen LogP contribution in [0.5, 0.6) is 11.6 Å². The number of nitrogens with one attached hydrogen (secondary N) is 1. The molecule has 3 rings (SSSR count). The summed E-state index contributed by atoms with van der Waals surface area (Å²) in [6.45, 7) is 1.78. The highest BCUT2D eigenvalue weighted by atomic mass is 19.2. The number of halogens is 2. The van der Waals surface area contributed by atoms with Crippen LogP contribution in [0.25, 0.3) is 0 Å². The molecule has 3 aromatic rings. The first-order valence-corrected chi connectivity index (χ1v) is 7.88. The number of nitrogens with two attached hydrogens (primary N) is 1. The number of anilines is 1. The standard InChI is InChI=1S/C18H15F2N5O2/c1-10-7-15(25-18(21)24-10)16(26)23-9-11-3-2-6-22-17(11)27-12-4-5-13(19)14(20)8-12/h2-8H,9H2,1H3,(H,23,26)(H2,21,24,25). The van der Waals surface area contributed by atoms with Crippen molar-refractivity contribution in [3.05, 3.63) is 71.2 Å². The Kier molecular flexibility index (Phi) is 5.20. The molecule has 0 bridgehead atoms. The second-order valence-corrected chi connectivity index (χ2v) is 5.58. The molecule has 0 saturated carbocycles. The molecular formula is C18H15F2N5O2. The van der Waals surface area contributed by atoms with Gasteiger partial charge in [-0.3, -0.25) is 4.79 Å². The summed E-state index contributed by atoms with van der Waals surface area (Å²) in [6.07, 6.45) is 1.48. The van der Waals surface area contributed by atoms with Crippen molar-refractivity contribution in [3.63, 3.8) is 0 Å². The van der Waals surface area contributed by atoms with Gasteiger partial charge in [0.25, 0.3) is 5.91 Å². The molecule has 0 aliphatic carbocycles. The van der Waals surface area contributed by atoms with Crippen LogP contribution in [0.4, 0.5) is 14.7 Å². The SMILES string of the molecule is Cc1cc(C(=O)NCc2cccnc2Oc2ccc(F)c(F)c2)nc(N)n1. The van der Waals surface area contributed by atoms with E-state index in [-0.39, 0.29) is 29.8 Å². The van der Waals surface area contributed by atoms with Crippen molar-refractivity contribution in [2.75, 3.05) is 5.73 Å². The minimum Gasteiger partial charge on any atom is -0.439 e. The molecule has 1 aromatic carbocycles. The van der Waals surface area contributed by atoms with E-state index < -0.39 is 17.5 Å². The van der Waals surface area contributed by atoms with Crippen LogP contribution in [-0.4, -0.2) is 20.9 Å². The second-order valence-electron chi connectivity index (χ2n) is 5.58. The molecule has 0 unspecified atom stereocenters. The van der Waals surface area contributed by atoms with E-state index in [4.69, 9.17) is 10.5 Å². The summed E-state index contributed by atoms with van der Waals surface area (Å²) in [5.74, 6) is -2.22. The van der Waals surface area contributed by atoms with Crippen molar-refractivity contribution in [1.29, 1.82) is 0 Å². The number of aryl methyl sites for hydroxylation is 1. The minimum atomic E-state index is -1.03. The molecule has 0 spiro atoms. The van der Waals surface area contributed by atoms with Crippen molar-refractivity contribution in [2.24, 2.45) is 0 Å². The quantitative estimate of drug-likeness (QED) is 0.715. The van der Waals surface area contributed by atoms with E-state index in [1.807, 2.05) is 0 Å². The fraction of sp³-hybridized carbons (Fsp3) is 0.111. The van der Waals surface area contributed by atoms with Crippen molar-refractivity contribution < 1.29 is 18.3 Å². The molecule has 138 valence electrons. The average Bonchev–Trinajstić information content (AvgIpc) is 2.63. The van der Waals surface area contributed by atoms with E-state index in [2.05, 4.69) is 20.3 Å². The van der Waals surface area contributed by atoms with Crippen LogP contribution in [-0.2, 0) is 6.54 Å². The van der Waals surface area contributed by atoms with Crippen molar-refractivity contribution >= 4 is 11.9 Å².